The number of halogens is 1. The lowest BCUT2D eigenvalue weighted by molar-refractivity contribution is -0.121. The molecule has 7 heteroatoms. The predicted octanol–water partition coefficient (Wildman–Crippen LogP) is 1.52. The molecule has 0 bridgehead atoms. The second kappa shape index (κ2) is 7.47. The van der Waals surface area contributed by atoms with Gasteiger partial charge in [-0.15, -0.1) is 0 Å². The number of hydrogen-bond donors (Lipinski definition) is 3. The van der Waals surface area contributed by atoms with E-state index in [0.717, 1.165) is 6.07 Å². The van der Waals surface area contributed by atoms with Crippen molar-refractivity contribution in [2.45, 2.75) is 26.8 Å². The van der Waals surface area contributed by atoms with Gasteiger partial charge in [0.25, 0.3) is 0 Å². The normalized spacial score (nSPS) is 11.6. The molecule has 21 heavy (non-hydrogen) atoms. The van der Waals surface area contributed by atoms with E-state index < -0.39 is 17.8 Å². The summed E-state index contributed by atoms with van der Waals surface area (Å²) in [5, 5.41) is 5.32. The van der Waals surface area contributed by atoms with E-state index in [0.29, 0.717) is 6.54 Å². The molecule has 4 N–H and O–H groups in total. The van der Waals surface area contributed by atoms with Gasteiger partial charge < -0.3 is 21.1 Å². The highest BCUT2D eigenvalue weighted by Gasteiger charge is 2.18. The van der Waals surface area contributed by atoms with Crippen molar-refractivity contribution in [1.82, 2.24) is 5.32 Å². The summed E-state index contributed by atoms with van der Waals surface area (Å²) < 4.78 is 18.7. The molecule has 0 saturated heterocycles. The Morgan fingerprint density at radius 3 is 2.62 bits per heavy atom. The molecule has 0 heterocycles. The van der Waals surface area contributed by atoms with Crippen LogP contribution in [0.2, 0.25) is 0 Å². The molecule has 0 saturated carbocycles. The molecule has 1 rings (SSSR count). The van der Waals surface area contributed by atoms with Crippen molar-refractivity contribution in [1.29, 1.82) is 0 Å². The number of carbonyl (C=O) groups excluding carboxylic acids is 2. The SMILES string of the molecule is CCNC(=O)C(C)Nc1cc(C(=O)OCC)c(N)cc1F. The number of esters is 1. The van der Waals surface area contributed by atoms with Crippen molar-refractivity contribution in [2.24, 2.45) is 0 Å². The van der Waals surface area contributed by atoms with Crippen LogP contribution in [0.4, 0.5) is 15.8 Å². The van der Waals surface area contributed by atoms with Crippen LogP contribution < -0.4 is 16.4 Å². The number of benzene rings is 1. The highest BCUT2D eigenvalue weighted by molar-refractivity contribution is 5.96. The van der Waals surface area contributed by atoms with Crippen LogP contribution in [-0.2, 0) is 9.53 Å². The molecule has 0 fully saturated rings. The topological polar surface area (TPSA) is 93.5 Å². The van der Waals surface area contributed by atoms with Gasteiger partial charge in [-0.2, -0.15) is 0 Å². The van der Waals surface area contributed by atoms with Gasteiger partial charge in [0.2, 0.25) is 5.91 Å². The fourth-order valence-electron chi connectivity index (χ4n) is 1.71. The number of anilines is 2. The van der Waals surface area contributed by atoms with Gasteiger partial charge in [0, 0.05) is 12.2 Å². The van der Waals surface area contributed by atoms with Crippen LogP contribution >= 0.6 is 0 Å². The van der Waals surface area contributed by atoms with Crippen LogP contribution in [0.5, 0.6) is 0 Å². The standard InChI is InChI=1S/C14H20FN3O3/c1-4-17-13(19)8(3)18-12-6-9(14(20)21-5-2)11(16)7-10(12)15/h6-8,18H,4-5,16H2,1-3H3,(H,17,19). The number of rotatable bonds is 6. The first kappa shape index (κ1) is 16.7. The van der Waals surface area contributed by atoms with E-state index in [1.54, 1.807) is 20.8 Å². The molecule has 1 amide bonds. The first-order valence-corrected chi connectivity index (χ1v) is 6.71. The van der Waals surface area contributed by atoms with E-state index in [-0.39, 0.29) is 29.5 Å². The van der Waals surface area contributed by atoms with Gasteiger partial charge in [-0.05, 0) is 32.9 Å². The molecular formula is C14H20FN3O3. The molecule has 116 valence electrons. The third-order valence-corrected chi connectivity index (χ3v) is 2.75. The summed E-state index contributed by atoms with van der Waals surface area (Å²) in [6, 6.07) is 1.62. The number of likely N-dealkylation sites (N-methyl/N-ethyl adjacent to an activating group) is 1. The summed E-state index contributed by atoms with van der Waals surface area (Å²) >= 11 is 0. The molecule has 6 nitrogen and oxygen atoms in total. The van der Waals surface area contributed by atoms with E-state index in [1.807, 2.05) is 0 Å². The summed E-state index contributed by atoms with van der Waals surface area (Å²) in [5.41, 5.74) is 5.68. The first-order valence-electron chi connectivity index (χ1n) is 6.71. The van der Waals surface area contributed by atoms with Crippen LogP contribution in [0.15, 0.2) is 12.1 Å². The van der Waals surface area contributed by atoms with E-state index >= 15 is 0 Å². The quantitative estimate of drug-likeness (QED) is 0.547. The van der Waals surface area contributed by atoms with Crippen molar-refractivity contribution in [3.63, 3.8) is 0 Å². The van der Waals surface area contributed by atoms with Crippen LogP contribution in [0, 0.1) is 5.82 Å². The Balaban J connectivity index is 2.99. The Morgan fingerprint density at radius 2 is 2.05 bits per heavy atom. The van der Waals surface area contributed by atoms with Crippen molar-refractivity contribution in [3.05, 3.63) is 23.5 Å². The number of nitrogens with two attached hydrogens (primary N) is 1. The van der Waals surface area contributed by atoms with E-state index in [4.69, 9.17) is 10.5 Å². The highest BCUT2D eigenvalue weighted by atomic mass is 19.1. The first-order chi connectivity index (χ1) is 9.90. The maximum atomic E-state index is 13.9. The van der Waals surface area contributed by atoms with Crippen LogP contribution in [-0.4, -0.2) is 31.1 Å². The van der Waals surface area contributed by atoms with Gasteiger partial charge in [0.05, 0.1) is 17.9 Å². The monoisotopic (exact) mass is 297 g/mol. The lowest BCUT2D eigenvalue weighted by Crippen LogP contribution is -2.37. The fourth-order valence-corrected chi connectivity index (χ4v) is 1.71. The zero-order valence-corrected chi connectivity index (χ0v) is 12.3. The lowest BCUT2D eigenvalue weighted by Gasteiger charge is -2.16. The van der Waals surface area contributed by atoms with Crippen molar-refractivity contribution in [3.8, 4) is 0 Å². The van der Waals surface area contributed by atoms with E-state index in [9.17, 15) is 14.0 Å². The van der Waals surface area contributed by atoms with Gasteiger partial charge in [0.1, 0.15) is 11.9 Å². The summed E-state index contributed by atoms with van der Waals surface area (Å²) in [4.78, 5) is 23.4. The number of amides is 1. The number of nitrogens with one attached hydrogen (secondary N) is 2. The molecule has 1 aromatic rings. The molecule has 0 aliphatic heterocycles. The summed E-state index contributed by atoms with van der Waals surface area (Å²) in [5.74, 6) is -1.55. The van der Waals surface area contributed by atoms with Gasteiger partial charge in [-0.1, -0.05) is 0 Å². The van der Waals surface area contributed by atoms with Crippen LogP contribution in [0.25, 0.3) is 0 Å². The third kappa shape index (κ3) is 4.34. The Labute approximate surface area is 122 Å². The minimum Gasteiger partial charge on any atom is -0.462 e. The average molecular weight is 297 g/mol. The summed E-state index contributed by atoms with van der Waals surface area (Å²) in [7, 11) is 0. The molecule has 0 aliphatic carbocycles. The minimum atomic E-state index is -0.655. The Morgan fingerprint density at radius 1 is 1.38 bits per heavy atom. The third-order valence-electron chi connectivity index (χ3n) is 2.75. The molecule has 0 aliphatic rings. The predicted molar refractivity (Wildman–Crippen MR) is 78.5 cm³/mol. The van der Waals surface area contributed by atoms with Gasteiger partial charge >= 0.3 is 5.97 Å². The van der Waals surface area contributed by atoms with Crippen LogP contribution in [0.3, 0.4) is 0 Å². The smallest absolute Gasteiger partial charge is 0.340 e. The van der Waals surface area contributed by atoms with Crippen molar-refractivity contribution < 1.29 is 18.7 Å². The molecule has 1 atom stereocenters. The molecule has 1 aromatic carbocycles. The maximum Gasteiger partial charge on any atom is 0.340 e. The lowest BCUT2D eigenvalue weighted by atomic mass is 10.1. The largest absolute Gasteiger partial charge is 0.462 e. The second-order valence-corrected chi connectivity index (χ2v) is 4.40. The molecule has 0 aromatic heterocycles. The summed E-state index contributed by atoms with van der Waals surface area (Å²) in [6.45, 7) is 5.70. The van der Waals surface area contributed by atoms with Crippen molar-refractivity contribution >= 4 is 23.3 Å². The Hall–Kier alpha value is -2.31. The number of hydrogen-bond acceptors (Lipinski definition) is 5. The summed E-state index contributed by atoms with van der Waals surface area (Å²) in [6.07, 6.45) is 0. The maximum absolute atomic E-state index is 13.9. The highest BCUT2D eigenvalue weighted by Crippen LogP contribution is 2.23. The second-order valence-electron chi connectivity index (χ2n) is 4.40. The van der Waals surface area contributed by atoms with E-state index in [1.165, 1.54) is 6.07 Å². The average Bonchev–Trinajstić information content (AvgIpc) is 2.42. The number of carbonyl (C=O) groups is 2. The molecular weight excluding hydrogens is 277 g/mol. The fraction of sp³-hybridized carbons (Fsp3) is 0.429. The van der Waals surface area contributed by atoms with E-state index in [2.05, 4.69) is 10.6 Å². The van der Waals surface area contributed by atoms with Crippen LogP contribution in [0.1, 0.15) is 31.1 Å². The zero-order chi connectivity index (χ0) is 16.0. The zero-order valence-electron chi connectivity index (χ0n) is 12.3. The Kier molecular flexibility index (Phi) is 5.95. The minimum absolute atomic E-state index is 0.0119. The van der Waals surface area contributed by atoms with Crippen molar-refractivity contribution in [2.75, 3.05) is 24.2 Å². The Bertz CT molecular complexity index is 534. The van der Waals surface area contributed by atoms with Gasteiger partial charge in [-0.25, -0.2) is 9.18 Å². The molecule has 0 spiro atoms. The molecule has 1 unspecified atom stereocenters. The van der Waals surface area contributed by atoms with Gasteiger partial charge in [0.15, 0.2) is 0 Å². The van der Waals surface area contributed by atoms with Gasteiger partial charge in [-0.3, -0.25) is 4.79 Å². The number of nitrogen functional groups attached to an aromatic ring is 1. The number of ether oxygens (including phenoxy) is 1. The molecule has 0 radical (unpaired) electrons.